The van der Waals surface area contributed by atoms with Gasteiger partial charge in [0, 0.05) is 38.5 Å². The molecule has 0 unspecified atom stereocenters. The Balaban J connectivity index is 1.89. The van der Waals surface area contributed by atoms with Crippen molar-refractivity contribution in [3.05, 3.63) is 36.4 Å². The van der Waals surface area contributed by atoms with Crippen molar-refractivity contribution in [3.8, 4) is 6.07 Å². The summed E-state index contributed by atoms with van der Waals surface area (Å²) in [7, 11) is 0. The molecule has 0 bridgehead atoms. The number of nitriles is 1. The summed E-state index contributed by atoms with van der Waals surface area (Å²) in [6.45, 7) is 2.78. The molecule has 1 aliphatic rings. The summed E-state index contributed by atoms with van der Waals surface area (Å²) in [6.07, 6.45) is 4.71. The first-order valence-corrected chi connectivity index (χ1v) is 5.44. The first kappa shape index (κ1) is 11.3. The standard InChI is InChI=1S/C12H13N3O2/c13-4-2-5-14-6-8-15(9-7-14)12(16)11-3-1-10-17-11/h1-3,5,10H,6-9H2. The molecule has 88 valence electrons. The Bertz CT molecular complexity index is 437. The number of rotatable bonds is 2. The fourth-order valence-electron chi connectivity index (χ4n) is 1.77. The fourth-order valence-corrected chi connectivity index (χ4v) is 1.77. The van der Waals surface area contributed by atoms with Gasteiger partial charge < -0.3 is 14.2 Å². The highest BCUT2D eigenvalue weighted by Gasteiger charge is 2.22. The Morgan fingerprint density at radius 2 is 2.18 bits per heavy atom. The summed E-state index contributed by atoms with van der Waals surface area (Å²) in [5, 5.41) is 8.42. The first-order chi connectivity index (χ1) is 8.31. The van der Waals surface area contributed by atoms with Gasteiger partial charge in [-0.2, -0.15) is 5.26 Å². The van der Waals surface area contributed by atoms with Crippen molar-refractivity contribution in [2.45, 2.75) is 0 Å². The van der Waals surface area contributed by atoms with Gasteiger partial charge in [0.05, 0.1) is 12.3 Å². The van der Waals surface area contributed by atoms with E-state index in [2.05, 4.69) is 0 Å². The van der Waals surface area contributed by atoms with E-state index in [0.29, 0.717) is 18.8 Å². The maximum atomic E-state index is 11.9. The van der Waals surface area contributed by atoms with Crippen LogP contribution in [-0.2, 0) is 0 Å². The number of nitrogens with zero attached hydrogens (tertiary/aromatic N) is 3. The van der Waals surface area contributed by atoms with Gasteiger partial charge >= 0.3 is 0 Å². The van der Waals surface area contributed by atoms with E-state index in [1.807, 2.05) is 11.0 Å². The van der Waals surface area contributed by atoms with Crippen LogP contribution in [0.4, 0.5) is 0 Å². The molecule has 1 aromatic heterocycles. The molecule has 1 saturated heterocycles. The Kier molecular flexibility index (Phi) is 3.46. The van der Waals surface area contributed by atoms with E-state index in [9.17, 15) is 4.79 Å². The zero-order valence-corrected chi connectivity index (χ0v) is 9.37. The third-order valence-electron chi connectivity index (χ3n) is 2.69. The highest BCUT2D eigenvalue weighted by atomic mass is 16.3. The van der Waals surface area contributed by atoms with Crippen molar-refractivity contribution >= 4 is 5.91 Å². The number of amides is 1. The lowest BCUT2D eigenvalue weighted by molar-refractivity contribution is 0.0647. The van der Waals surface area contributed by atoms with Gasteiger partial charge in [-0.1, -0.05) is 0 Å². The van der Waals surface area contributed by atoms with Crippen LogP contribution in [-0.4, -0.2) is 41.9 Å². The van der Waals surface area contributed by atoms with Gasteiger partial charge in [-0.25, -0.2) is 0 Å². The Hall–Kier alpha value is -2.22. The molecule has 0 saturated carbocycles. The van der Waals surface area contributed by atoms with Crippen molar-refractivity contribution in [1.29, 1.82) is 5.26 Å². The minimum Gasteiger partial charge on any atom is -0.459 e. The molecule has 1 fully saturated rings. The highest BCUT2D eigenvalue weighted by Crippen LogP contribution is 2.09. The number of hydrogen-bond donors (Lipinski definition) is 0. The number of piperazine rings is 1. The molecule has 0 spiro atoms. The van der Waals surface area contributed by atoms with Crippen LogP contribution in [0.1, 0.15) is 10.6 Å². The van der Waals surface area contributed by atoms with E-state index in [0.717, 1.165) is 13.1 Å². The minimum atomic E-state index is -0.0705. The molecule has 17 heavy (non-hydrogen) atoms. The van der Waals surface area contributed by atoms with Gasteiger partial charge in [0.25, 0.3) is 5.91 Å². The molecule has 2 rings (SSSR count). The third-order valence-corrected chi connectivity index (χ3v) is 2.69. The maximum Gasteiger partial charge on any atom is 0.289 e. The summed E-state index contributed by atoms with van der Waals surface area (Å²) in [5.74, 6) is 0.310. The fraction of sp³-hybridized carbons (Fsp3) is 0.333. The third kappa shape index (κ3) is 2.67. The smallest absolute Gasteiger partial charge is 0.289 e. The van der Waals surface area contributed by atoms with Gasteiger partial charge in [0.2, 0.25) is 0 Å². The molecule has 0 aromatic carbocycles. The van der Waals surface area contributed by atoms with Crippen molar-refractivity contribution in [3.63, 3.8) is 0 Å². The summed E-state index contributed by atoms with van der Waals surface area (Å²) in [5.41, 5.74) is 0. The molecule has 5 nitrogen and oxygen atoms in total. The molecule has 0 aliphatic carbocycles. The van der Waals surface area contributed by atoms with Crippen LogP contribution in [0.15, 0.2) is 35.1 Å². The van der Waals surface area contributed by atoms with Gasteiger partial charge in [-0.15, -0.1) is 0 Å². The van der Waals surface area contributed by atoms with Crippen molar-refractivity contribution < 1.29 is 9.21 Å². The predicted octanol–water partition coefficient (Wildman–Crippen LogP) is 1.07. The second-order valence-electron chi connectivity index (χ2n) is 3.75. The molecule has 2 heterocycles. The van der Waals surface area contributed by atoms with Crippen LogP contribution in [0.25, 0.3) is 0 Å². The van der Waals surface area contributed by atoms with Crippen LogP contribution < -0.4 is 0 Å². The molecule has 1 aliphatic heterocycles. The average Bonchev–Trinajstić information content (AvgIpc) is 2.90. The SMILES string of the molecule is N#CC=CN1CCN(C(=O)c2ccco2)CC1. The zero-order valence-electron chi connectivity index (χ0n) is 9.37. The van der Waals surface area contributed by atoms with Gasteiger partial charge in [0.1, 0.15) is 0 Å². The van der Waals surface area contributed by atoms with Gasteiger partial charge in [0.15, 0.2) is 5.76 Å². The summed E-state index contributed by atoms with van der Waals surface area (Å²) >= 11 is 0. The molecule has 0 atom stereocenters. The Morgan fingerprint density at radius 3 is 2.76 bits per heavy atom. The van der Waals surface area contributed by atoms with Gasteiger partial charge in [-0.3, -0.25) is 4.79 Å². The summed E-state index contributed by atoms with van der Waals surface area (Å²) in [4.78, 5) is 15.7. The lowest BCUT2D eigenvalue weighted by Crippen LogP contribution is -2.46. The number of carbonyl (C=O) groups is 1. The van der Waals surface area contributed by atoms with Crippen molar-refractivity contribution in [1.82, 2.24) is 9.80 Å². The average molecular weight is 231 g/mol. The van der Waals surface area contributed by atoms with Crippen molar-refractivity contribution in [2.75, 3.05) is 26.2 Å². The summed E-state index contributed by atoms with van der Waals surface area (Å²) < 4.78 is 5.08. The maximum absolute atomic E-state index is 11.9. The van der Waals surface area contributed by atoms with E-state index in [1.54, 1.807) is 23.2 Å². The second kappa shape index (κ2) is 5.21. The largest absolute Gasteiger partial charge is 0.459 e. The number of allylic oxidation sites excluding steroid dienone is 1. The Labute approximate surface area is 99.5 Å². The molecule has 5 heteroatoms. The van der Waals surface area contributed by atoms with Crippen LogP contribution >= 0.6 is 0 Å². The number of hydrogen-bond acceptors (Lipinski definition) is 4. The van der Waals surface area contributed by atoms with E-state index in [-0.39, 0.29) is 5.91 Å². The van der Waals surface area contributed by atoms with Crippen LogP contribution in [0.3, 0.4) is 0 Å². The normalized spacial score (nSPS) is 16.2. The van der Waals surface area contributed by atoms with Crippen LogP contribution in [0.2, 0.25) is 0 Å². The van der Waals surface area contributed by atoms with E-state index in [1.165, 1.54) is 12.3 Å². The molecular weight excluding hydrogens is 218 g/mol. The van der Waals surface area contributed by atoms with E-state index in [4.69, 9.17) is 9.68 Å². The van der Waals surface area contributed by atoms with E-state index >= 15 is 0 Å². The second-order valence-corrected chi connectivity index (χ2v) is 3.75. The van der Waals surface area contributed by atoms with Gasteiger partial charge in [-0.05, 0) is 12.1 Å². The molecule has 0 N–H and O–H groups in total. The monoisotopic (exact) mass is 231 g/mol. The molecular formula is C12H13N3O2. The molecule has 1 aromatic rings. The summed E-state index contributed by atoms with van der Waals surface area (Å²) in [6, 6.07) is 5.33. The quantitative estimate of drug-likeness (QED) is 0.714. The van der Waals surface area contributed by atoms with E-state index < -0.39 is 0 Å². The first-order valence-electron chi connectivity index (χ1n) is 5.44. The van der Waals surface area contributed by atoms with Crippen LogP contribution in [0.5, 0.6) is 0 Å². The zero-order chi connectivity index (χ0) is 12.1. The Morgan fingerprint density at radius 1 is 1.41 bits per heavy atom. The molecule has 0 radical (unpaired) electrons. The minimum absolute atomic E-state index is 0.0705. The van der Waals surface area contributed by atoms with Crippen molar-refractivity contribution in [2.24, 2.45) is 0 Å². The van der Waals surface area contributed by atoms with Crippen LogP contribution in [0, 0.1) is 11.3 Å². The highest BCUT2D eigenvalue weighted by molar-refractivity contribution is 5.91. The number of carbonyl (C=O) groups excluding carboxylic acids is 1. The number of furan rings is 1. The molecule has 1 amide bonds. The lowest BCUT2D eigenvalue weighted by Gasteiger charge is -2.33. The topological polar surface area (TPSA) is 60.5 Å². The predicted molar refractivity (Wildman–Crippen MR) is 60.9 cm³/mol. The lowest BCUT2D eigenvalue weighted by atomic mass is 10.3.